The highest BCUT2D eigenvalue weighted by molar-refractivity contribution is 5.28. The lowest BCUT2D eigenvalue weighted by atomic mass is 10.2. The molecule has 1 fully saturated rings. The van der Waals surface area contributed by atoms with E-state index in [1.165, 1.54) is 0 Å². The van der Waals surface area contributed by atoms with Crippen molar-refractivity contribution >= 4 is 0 Å². The lowest BCUT2D eigenvalue weighted by Crippen LogP contribution is -2.20. The van der Waals surface area contributed by atoms with E-state index in [9.17, 15) is 0 Å². The highest BCUT2D eigenvalue weighted by Crippen LogP contribution is 2.14. The molecule has 1 aromatic carbocycles. The molecule has 1 saturated heterocycles. The molecule has 94 valence electrons. The van der Waals surface area contributed by atoms with Crippen LogP contribution in [0.5, 0.6) is 5.75 Å². The smallest absolute Gasteiger partial charge is 0.119 e. The molecule has 0 spiro atoms. The summed E-state index contributed by atoms with van der Waals surface area (Å²) in [5.41, 5.74) is 6.66. The van der Waals surface area contributed by atoms with E-state index in [-0.39, 0.29) is 0 Å². The van der Waals surface area contributed by atoms with Crippen LogP contribution in [0.1, 0.15) is 5.56 Å². The van der Waals surface area contributed by atoms with Crippen molar-refractivity contribution in [2.45, 2.75) is 6.54 Å². The SMILES string of the molecule is NCc1cccc(OCC2COCCOC2)c1. The maximum absolute atomic E-state index is 5.73. The van der Waals surface area contributed by atoms with Crippen LogP contribution < -0.4 is 10.5 Å². The fourth-order valence-electron chi connectivity index (χ4n) is 1.74. The molecule has 2 N–H and O–H groups in total. The van der Waals surface area contributed by atoms with Gasteiger partial charge in [0.2, 0.25) is 0 Å². The summed E-state index contributed by atoms with van der Waals surface area (Å²) in [5, 5.41) is 0. The van der Waals surface area contributed by atoms with Gasteiger partial charge in [-0.2, -0.15) is 0 Å². The van der Waals surface area contributed by atoms with E-state index >= 15 is 0 Å². The van der Waals surface area contributed by atoms with Crippen LogP contribution in [0.2, 0.25) is 0 Å². The molecule has 0 aromatic heterocycles. The maximum Gasteiger partial charge on any atom is 0.119 e. The highest BCUT2D eigenvalue weighted by atomic mass is 16.5. The van der Waals surface area contributed by atoms with Gasteiger partial charge in [0.05, 0.1) is 33.0 Å². The van der Waals surface area contributed by atoms with Gasteiger partial charge in [0.15, 0.2) is 0 Å². The predicted molar refractivity (Wildman–Crippen MR) is 65.0 cm³/mol. The minimum atomic E-state index is 0.305. The average Bonchev–Trinajstić information content (AvgIpc) is 2.65. The van der Waals surface area contributed by atoms with Crippen molar-refractivity contribution in [2.75, 3.05) is 33.0 Å². The third kappa shape index (κ3) is 4.00. The summed E-state index contributed by atoms with van der Waals surface area (Å²) < 4.78 is 16.6. The van der Waals surface area contributed by atoms with Crippen molar-refractivity contribution in [3.63, 3.8) is 0 Å². The Hall–Kier alpha value is -1.10. The molecule has 4 nitrogen and oxygen atoms in total. The van der Waals surface area contributed by atoms with Gasteiger partial charge in [-0.3, -0.25) is 0 Å². The summed E-state index contributed by atoms with van der Waals surface area (Å²) in [6, 6.07) is 7.86. The van der Waals surface area contributed by atoms with E-state index in [4.69, 9.17) is 19.9 Å². The summed E-state index contributed by atoms with van der Waals surface area (Å²) in [4.78, 5) is 0. The van der Waals surface area contributed by atoms with Gasteiger partial charge in [-0.05, 0) is 17.7 Å². The van der Waals surface area contributed by atoms with Gasteiger partial charge in [-0.25, -0.2) is 0 Å². The minimum absolute atomic E-state index is 0.305. The van der Waals surface area contributed by atoms with Crippen LogP contribution in [0, 0.1) is 5.92 Å². The average molecular weight is 237 g/mol. The van der Waals surface area contributed by atoms with E-state index in [2.05, 4.69) is 0 Å². The van der Waals surface area contributed by atoms with E-state index in [1.807, 2.05) is 24.3 Å². The molecule has 1 aliphatic rings. The number of nitrogens with two attached hydrogens (primary N) is 1. The quantitative estimate of drug-likeness (QED) is 0.854. The third-order valence-corrected chi connectivity index (χ3v) is 2.70. The first-order chi connectivity index (χ1) is 8.38. The monoisotopic (exact) mass is 237 g/mol. The fraction of sp³-hybridized carbons (Fsp3) is 0.538. The molecule has 1 aliphatic heterocycles. The van der Waals surface area contributed by atoms with Gasteiger partial charge < -0.3 is 19.9 Å². The lowest BCUT2D eigenvalue weighted by molar-refractivity contribution is 0.101. The predicted octanol–water partition coefficient (Wildman–Crippen LogP) is 1.19. The first kappa shape index (κ1) is 12.4. The molecule has 4 heteroatoms. The lowest BCUT2D eigenvalue weighted by Gasteiger charge is -2.14. The number of ether oxygens (including phenoxy) is 3. The largest absolute Gasteiger partial charge is 0.493 e. The fourth-order valence-corrected chi connectivity index (χ4v) is 1.74. The second kappa shape index (κ2) is 6.59. The second-order valence-corrected chi connectivity index (χ2v) is 4.18. The van der Waals surface area contributed by atoms with Crippen molar-refractivity contribution in [1.29, 1.82) is 0 Å². The van der Waals surface area contributed by atoms with Crippen molar-refractivity contribution in [3.8, 4) is 5.75 Å². The zero-order valence-corrected chi connectivity index (χ0v) is 9.93. The van der Waals surface area contributed by atoms with Gasteiger partial charge in [0.25, 0.3) is 0 Å². The molecule has 1 aromatic rings. The van der Waals surface area contributed by atoms with Gasteiger partial charge in [-0.15, -0.1) is 0 Å². The Morgan fingerprint density at radius 3 is 2.71 bits per heavy atom. The summed E-state index contributed by atoms with van der Waals surface area (Å²) in [6.45, 7) is 3.92. The van der Waals surface area contributed by atoms with E-state index in [0.717, 1.165) is 11.3 Å². The van der Waals surface area contributed by atoms with Gasteiger partial charge in [0.1, 0.15) is 5.75 Å². The van der Waals surface area contributed by atoms with Crippen LogP contribution in [0.25, 0.3) is 0 Å². The third-order valence-electron chi connectivity index (χ3n) is 2.70. The Morgan fingerprint density at radius 2 is 2.00 bits per heavy atom. The first-order valence-electron chi connectivity index (χ1n) is 5.96. The Morgan fingerprint density at radius 1 is 1.24 bits per heavy atom. The zero-order valence-electron chi connectivity index (χ0n) is 9.93. The van der Waals surface area contributed by atoms with E-state index in [0.29, 0.717) is 45.5 Å². The first-order valence-corrected chi connectivity index (χ1v) is 5.96. The van der Waals surface area contributed by atoms with Gasteiger partial charge >= 0.3 is 0 Å². The molecular weight excluding hydrogens is 218 g/mol. The van der Waals surface area contributed by atoms with Crippen LogP contribution in [0.4, 0.5) is 0 Å². The van der Waals surface area contributed by atoms with Crippen LogP contribution in [0.3, 0.4) is 0 Å². The zero-order chi connectivity index (χ0) is 11.9. The number of benzene rings is 1. The minimum Gasteiger partial charge on any atom is -0.493 e. The topological polar surface area (TPSA) is 53.7 Å². The van der Waals surface area contributed by atoms with Crippen molar-refractivity contribution in [2.24, 2.45) is 11.7 Å². The Balaban J connectivity index is 1.83. The second-order valence-electron chi connectivity index (χ2n) is 4.18. The van der Waals surface area contributed by atoms with Crippen LogP contribution in [-0.4, -0.2) is 33.0 Å². The molecule has 0 saturated carbocycles. The summed E-state index contributed by atoms with van der Waals surface area (Å²) in [6.07, 6.45) is 0. The summed E-state index contributed by atoms with van der Waals surface area (Å²) in [5.74, 6) is 1.16. The Labute approximate surface area is 102 Å². The summed E-state index contributed by atoms with van der Waals surface area (Å²) >= 11 is 0. The van der Waals surface area contributed by atoms with Gasteiger partial charge in [-0.1, -0.05) is 12.1 Å². The molecule has 0 amide bonds. The molecule has 0 aliphatic carbocycles. The Kier molecular flexibility index (Phi) is 4.79. The molecule has 1 heterocycles. The number of hydrogen-bond donors (Lipinski definition) is 1. The molecule has 0 radical (unpaired) electrons. The molecule has 17 heavy (non-hydrogen) atoms. The summed E-state index contributed by atoms with van der Waals surface area (Å²) in [7, 11) is 0. The van der Waals surface area contributed by atoms with Crippen LogP contribution in [0.15, 0.2) is 24.3 Å². The number of rotatable bonds is 4. The van der Waals surface area contributed by atoms with E-state index in [1.54, 1.807) is 0 Å². The standard InChI is InChI=1S/C13H19NO3/c14-7-11-2-1-3-13(6-11)17-10-12-8-15-4-5-16-9-12/h1-3,6,12H,4-5,7-10,14H2. The molecule has 2 rings (SSSR count). The maximum atomic E-state index is 5.73. The molecular formula is C13H19NO3. The molecule has 0 atom stereocenters. The van der Waals surface area contributed by atoms with Crippen LogP contribution in [-0.2, 0) is 16.0 Å². The highest BCUT2D eigenvalue weighted by Gasteiger charge is 2.13. The normalized spacial score (nSPS) is 17.7. The molecule has 0 unspecified atom stereocenters. The van der Waals surface area contributed by atoms with Crippen LogP contribution >= 0.6 is 0 Å². The number of hydrogen-bond acceptors (Lipinski definition) is 4. The van der Waals surface area contributed by atoms with Crippen molar-refractivity contribution in [3.05, 3.63) is 29.8 Å². The Bertz CT molecular complexity index is 335. The molecule has 0 bridgehead atoms. The van der Waals surface area contributed by atoms with Gasteiger partial charge in [0, 0.05) is 12.5 Å². The van der Waals surface area contributed by atoms with Crippen molar-refractivity contribution < 1.29 is 14.2 Å². The van der Waals surface area contributed by atoms with Crippen molar-refractivity contribution in [1.82, 2.24) is 0 Å². The van der Waals surface area contributed by atoms with E-state index < -0.39 is 0 Å².